The fourth-order valence-corrected chi connectivity index (χ4v) is 2.03. The van der Waals surface area contributed by atoms with E-state index in [2.05, 4.69) is 42.5 Å². The molecule has 0 bridgehead atoms. The fourth-order valence-electron chi connectivity index (χ4n) is 1.37. The van der Waals surface area contributed by atoms with Gasteiger partial charge in [-0.3, -0.25) is 4.79 Å². The Labute approximate surface area is 124 Å². The van der Waals surface area contributed by atoms with Gasteiger partial charge in [0.2, 0.25) is 5.91 Å². The summed E-state index contributed by atoms with van der Waals surface area (Å²) < 4.78 is 6.99. The quantitative estimate of drug-likeness (QED) is 0.770. The largest absolute Gasteiger partial charge is 0.452 e. The van der Waals surface area contributed by atoms with E-state index in [1.165, 1.54) is 0 Å². The van der Waals surface area contributed by atoms with Crippen molar-refractivity contribution in [2.45, 2.75) is 39.3 Å². The lowest BCUT2D eigenvalue weighted by Gasteiger charge is -2.20. The van der Waals surface area contributed by atoms with E-state index in [0.29, 0.717) is 24.2 Å². The molecular formula is C12H18Br2N2O2. The maximum Gasteiger partial charge on any atom is 0.221 e. The van der Waals surface area contributed by atoms with Crippen molar-refractivity contribution in [2.75, 3.05) is 6.54 Å². The van der Waals surface area contributed by atoms with Gasteiger partial charge in [0.1, 0.15) is 5.76 Å². The molecule has 1 aromatic rings. The van der Waals surface area contributed by atoms with Crippen molar-refractivity contribution < 1.29 is 9.21 Å². The maximum atomic E-state index is 11.5. The van der Waals surface area contributed by atoms with Gasteiger partial charge in [0.05, 0.1) is 11.0 Å². The van der Waals surface area contributed by atoms with Crippen molar-refractivity contribution >= 4 is 37.8 Å². The molecule has 6 heteroatoms. The second-order valence-electron chi connectivity index (χ2n) is 5.06. The molecule has 0 atom stereocenters. The van der Waals surface area contributed by atoms with Crippen LogP contribution in [-0.4, -0.2) is 18.0 Å². The number of halogens is 2. The number of hydrogen-bond acceptors (Lipinski definition) is 3. The molecule has 1 aromatic heterocycles. The van der Waals surface area contributed by atoms with Gasteiger partial charge in [0, 0.05) is 18.5 Å². The number of hydrogen-bond donors (Lipinski definition) is 2. The van der Waals surface area contributed by atoms with Gasteiger partial charge in [-0.2, -0.15) is 0 Å². The van der Waals surface area contributed by atoms with Crippen molar-refractivity contribution in [1.29, 1.82) is 0 Å². The van der Waals surface area contributed by atoms with E-state index in [9.17, 15) is 4.79 Å². The summed E-state index contributed by atoms with van der Waals surface area (Å²) in [5, 5.41) is 6.08. The van der Waals surface area contributed by atoms with Crippen LogP contribution in [0.2, 0.25) is 0 Å². The highest BCUT2D eigenvalue weighted by Crippen LogP contribution is 2.26. The van der Waals surface area contributed by atoms with Gasteiger partial charge >= 0.3 is 0 Å². The lowest BCUT2D eigenvalue weighted by molar-refractivity contribution is -0.122. The van der Waals surface area contributed by atoms with Gasteiger partial charge in [0.15, 0.2) is 4.67 Å². The molecular weight excluding hydrogens is 364 g/mol. The Morgan fingerprint density at radius 3 is 2.56 bits per heavy atom. The van der Waals surface area contributed by atoms with Crippen LogP contribution in [-0.2, 0) is 11.3 Å². The second kappa shape index (κ2) is 6.73. The standard InChI is InChI=1S/C12H18Br2N2O2/c1-12(2,3)16-10(17)4-5-15-7-8-6-9(13)11(14)18-8/h6,15H,4-5,7H2,1-3H3,(H,16,17). The molecule has 0 spiro atoms. The van der Waals surface area contributed by atoms with Crippen molar-refractivity contribution in [3.05, 3.63) is 21.0 Å². The topological polar surface area (TPSA) is 54.3 Å². The number of rotatable bonds is 5. The summed E-state index contributed by atoms with van der Waals surface area (Å²) in [6.07, 6.45) is 0.459. The third-order valence-corrected chi connectivity index (χ3v) is 3.75. The van der Waals surface area contributed by atoms with E-state index in [-0.39, 0.29) is 11.4 Å². The molecule has 4 nitrogen and oxygen atoms in total. The minimum atomic E-state index is -0.173. The maximum absolute atomic E-state index is 11.5. The predicted molar refractivity (Wildman–Crippen MR) is 78.3 cm³/mol. The number of furan rings is 1. The first-order chi connectivity index (χ1) is 8.28. The van der Waals surface area contributed by atoms with E-state index in [0.717, 1.165) is 10.2 Å². The molecule has 0 fully saturated rings. The van der Waals surface area contributed by atoms with E-state index in [1.807, 2.05) is 26.8 Å². The summed E-state index contributed by atoms with van der Waals surface area (Å²) in [6, 6.07) is 1.90. The first-order valence-electron chi connectivity index (χ1n) is 5.73. The van der Waals surface area contributed by atoms with Crippen LogP contribution >= 0.6 is 31.9 Å². The number of carbonyl (C=O) groups excluding carboxylic acids is 1. The van der Waals surface area contributed by atoms with Crippen molar-refractivity contribution in [3.8, 4) is 0 Å². The summed E-state index contributed by atoms with van der Waals surface area (Å²) in [7, 11) is 0. The molecule has 0 aliphatic carbocycles. The van der Waals surface area contributed by atoms with E-state index in [4.69, 9.17) is 4.42 Å². The molecule has 0 saturated carbocycles. The van der Waals surface area contributed by atoms with Gasteiger partial charge in [-0.25, -0.2) is 0 Å². The zero-order chi connectivity index (χ0) is 13.8. The van der Waals surface area contributed by atoms with Crippen LogP contribution < -0.4 is 10.6 Å². The minimum absolute atomic E-state index is 0.0526. The number of amides is 1. The van der Waals surface area contributed by atoms with Gasteiger partial charge in [-0.15, -0.1) is 0 Å². The molecule has 1 heterocycles. The molecule has 1 amide bonds. The highest BCUT2D eigenvalue weighted by atomic mass is 79.9. The molecule has 0 unspecified atom stereocenters. The van der Waals surface area contributed by atoms with Crippen LogP contribution in [0.4, 0.5) is 0 Å². The average molecular weight is 382 g/mol. The lowest BCUT2D eigenvalue weighted by atomic mass is 10.1. The van der Waals surface area contributed by atoms with Crippen molar-refractivity contribution in [1.82, 2.24) is 10.6 Å². The third kappa shape index (κ3) is 6.02. The molecule has 0 aliphatic rings. The summed E-state index contributed by atoms with van der Waals surface area (Å²) in [4.78, 5) is 11.5. The van der Waals surface area contributed by atoms with Crippen molar-refractivity contribution in [2.24, 2.45) is 0 Å². The summed E-state index contributed by atoms with van der Waals surface area (Å²) in [6.45, 7) is 7.13. The van der Waals surface area contributed by atoms with Gasteiger partial charge in [-0.05, 0) is 58.7 Å². The van der Waals surface area contributed by atoms with Gasteiger partial charge in [0.25, 0.3) is 0 Å². The molecule has 0 saturated heterocycles. The minimum Gasteiger partial charge on any atom is -0.452 e. The predicted octanol–water partition coefficient (Wildman–Crippen LogP) is 3.20. The molecule has 0 aliphatic heterocycles. The Balaban J connectivity index is 2.21. The zero-order valence-electron chi connectivity index (χ0n) is 10.8. The molecule has 2 N–H and O–H groups in total. The Kier molecular flexibility index (Phi) is 5.88. The summed E-state index contributed by atoms with van der Waals surface area (Å²) in [5.74, 6) is 0.877. The Hall–Kier alpha value is -0.330. The van der Waals surface area contributed by atoms with Crippen LogP contribution in [0.25, 0.3) is 0 Å². The monoisotopic (exact) mass is 380 g/mol. The van der Waals surface area contributed by atoms with E-state index < -0.39 is 0 Å². The molecule has 0 radical (unpaired) electrons. The molecule has 0 aromatic carbocycles. The third-order valence-electron chi connectivity index (χ3n) is 2.04. The fraction of sp³-hybridized carbons (Fsp3) is 0.583. The van der Waals surface area contributed by atoms with E-state index in [1.54, 1.807) is 0 Å². The Morgan fingerprint density at radius 2 is 2.06 bits per heavy atom. The first kappa shape index (κ1) is 15.7. The van der Waals surface area contributed by atoms with E-state index >= 15 is 0 Å². The first-order valence-corrected chi connectivity index (χ1v) is 7.32. The Morgan fingerprint density at radius 1 is 1.39 bits per heavy atom. The van der Waals surface area contributed by atoms with Crippen LogP contribution in [0.3, 0.4) is 0 Å². The average Bonchev–Trinajstić information content (AvgIpc) is 2.51. The summed E-state index contributed by atoms with van der Waals surface area (Å²) >= 11 is 6.62. The highest BCUT2D eigenvalue weighted by Gasteiger charge is 2.13. The smallest absolute Gasteiger partial charge is 0.221 e. The highest BCUT2D eigenvalue weighted by molar-refractivity contribution is 9.13. The number of carbonyl (C=O) groups is 1. The van der Waals surface area contributed by atoms with Crippen LogP contribution in [0.1, 0.15) is 33.0 Å². The van der Waals surface area contributed by atoms with Crippen LogP contribution in [0, 0.1) is 0 Å². The molecule has 1 rings (SSSR count). The second-order valence-corrected chi connectivity index (χ2v) is 6.63. The summed E-state index contributed by atoms with van der Waals surface area (Å²) in [5.41, 5.74) is -0.173. The van der Waals surface area contributed by atoms with Gasteiger partial charge in [-0.1, -0.05) is 0 Å². The number of nitrogens with one attached hydrogen (secondary N) is 2. The van der Waals surface area contributed by atoms with Gasteiger partial charge < -0.3 is 15.1 Å². The zero-order valence-corrected chi connectivity index (χ0v) is 13.9. The van der Waals surface area contributed by atoms with Crippen molar-refractivity contribution in [3.63, 3.8) is 0 Å². The Bertz CT molecular complexity index is 391. The van der Waals surface area contributed by atoms with Crippen LogP contribution in [0.5, 0.6) is 0 Å². The van der Waals surface area contributed by atoms with Crippen LogP contribution in [0.15, 0.2) is 19.6 Å². The normalized spacial score (nSPS) is 11.6. The molecule has 102 valence electrons. The SMILES string of the molecule is CC(C)(C)NC(=O)CCNCc1cc(Br)c(Br)o1. The molecule has 18 heavy (non-hydrogen) atoms. The lowest BCUT2D eigenvalue weighted by Crippen LogP contribution is -2.41.